The van der Waals surface area contributed by atoms with Gasteiger partial charge >= 0.3 is 11.9 Å². The molecular formula is C44H87NO6. The zero-order valence-electron chi connectivity index (χ0n) is 34.5. The van der Waals surface area contributed by atoms with E-state index in [-0.39, 0.29) is 24.6 Å². The fourth-order valence-electron chi connectivity index (χ4n) is 6.70. The van der Waals surface area contributed by atoms with Crippen molar-refractivity contribution in [2.75, 3.05) is 39.5 Å². The molecule has 0 amide bonds. The van der Waals surface area contributed by atoms with E-state index < -0.39 is 6.10 Å². The quantitative estimate of drug-likeness (QED) is 0.0496. The SMILES string of the molecule is CCCCCCCCCCCOC(=O)CCCCCN(CCO)CCCCCO[C@@H](C)C(=O)OC(CCCCCCCC)CCCCCCCC. The number of hydrogen-bond acceptors (Lipinski definition) is 7. The van der Waals surface area contributed by atoms with Gasteiger partial charge in [0.25, 0.3) is 0 Å². The third kappa shape index (κ3) is 35.6. The largest absolute Gasteiger partial charge is 0.466 e. The first kappa shape index (κ1) is 49.8. The van der Waals surface area contributed by atoms with Crippen LogP contribution >= 0.6 is 0 Å². The Balaban J connectivity index is 4.07. The van der Waals surface area contributed by atoms with Crippen LogP contribution in [0, 0.1) is 0 Å². The third-order valence-corrected chi connectivity index (χ3v) is 10.1. The molecule has 0 aliphatic rings. The second-order valence-corrected chi connectivity index (χ2v) is 15.2. The van der Waals surface area contributed by atoms with E-state index in [9.17, 15) is 14.7 Å². The topological polar surface area (TPSA) is 85.3 Å². The Kier molecular flexibility index (Phi) is 39.1. The fourth-order valence-corrected chi connectivity index (χ4v) is 6.70. The van der Waals surface area contributed by atoms with Crippen LogP contribution in [-0.2, 0) is 23.8 Å². The van der Waals surface area contributed by atoms with Gasteiger partial charge in [-0.1, -0.05) is 143 Å². The number of rotatable bonds is 41. The highest BCUT2D eigenvalue weighted by atomic mass is 16.6. The first-order valence-electron chi connectivity index (χ1n) is 22.3. The number of hydrogen-bond donors (Lipinski definition) is 1. The number of aliphatic hydroxyl groups is 1. The summed E-state index contributed by atoms with van der Waals surface area (Å²) in [7, 11) is 0. The van der Waals surface area contributed by atoms with Crippen LogP contribution in [0.2, 0.25) is 0 Å². The summed E-state index contributed by atoms with van der Waals surface area (Å²) >= 11 is 0. The second kappa shape index (κ2) is 40.0. The molecule has 1 atom stereocenters. The summed E-state index contributed by atoms with van der Waals surface area (Å²) in [5.74, 6) is -0.272. The highest BCUT2D eigenvalue weighted by Gasteiger charge is 2.20. The van der Waals surface area contributed by atoms with Crippen LogP contribution in [0.3, 0.4) is 0 Å². The van der Waals surface area contributed by atoms with E-state index >= 15 is 0 Å². The molecule has 1 N–H and O–H groups in total. The summed E-state index contributed by atoms with van der Waals surface area (Å²) in [5, 5.41) is 9.54. The van der Waals surface area contributed by atoms with E-state index in [4.69, 9.17) is 14.2 Å². The number of esters is 2. The number of unbranched alkanes of at least 4 members (excludes halogenated alkanes) is 22. The molecule has 0 spiro atoms. The molecule has 7 heteroatoms. The van der Waals surface area contributed by atoms with Crippen LogP contribution in [0.25, 0.3) is 0 Å². The number of aliphatic hydroxyl groups excluding tert-OH is 1. The van der Waals surface area contributed by atoms with Crippen LogP contribution in [0.15, 0.2) is 0 Å². The number of nitrogens with zero attached hydrogens (tertiary/aromatic N) is 1. The van der Waals surface area contributed by atoms with Crippen LogP contribution in [0.1, 0.15) is 220 Å². The number of carbonyl (C=O) groups is 2. The van der Waals surface area contributed by atoms with E-state index in [2.05, 4.69) is 25.7 Å². The highest BCUT2D eigenvalue weighted by molar-refractivity contribution is 5.74. The summed E-state index contributed by atoms with van der Waals surface area (Å²) in [6.07, 6.45) is 34.2. The van der Waals surface area contributed by atoms with Gasteiger partial charge in [-0.05, 0) is 84.2 Å². The van der Waals surface area contributed by atoms with Gasteiger partial charge in [-0.2, -0.15) is 0 Å². The lowest BCUT2D eigenvalue weighted by Crippen LogP contribution is -2.29. The standard InChI is InChI=1S/C44H87NO6/c1-5-8-11-14-17-18-19-22-30-40-50-43(47)34-27-23-28-35-45(37-38-46)36-29-24-31-39-49-41(4)44(48)51-42(32-25-20-15-12-9-6-2)33-26-21-16-13-10-7-3/h41-42,46H,5-40H2,1-4H3/t41-/m0/s1. The second-order valence-electron chi connectivity index (χ2n) is 15.2. The summed E-state index contributed by atoms with van der Waals surface area (Å²) in [5.41, 5.74) is 0. The number of carbonyl (C=O) groups excluding carboxylic acids is 2. The monoisotopic (exact) mass is 726 g/mol. The van der Waals surface area contributed by atoms with Gasteiger partial charge in [0, 0.05) is 19.6 Å². The lowest BCUT2D eigenvalue weighted by molar-refractivity contribution is -0.162. The maximum atomic E-state index is 12.9. The van der Waals surface area contributed by atoms with Crippen molar-refractivity contribution in [3.05, 3.63) is 0 Å². The van der Waals surface area contributed by atoms with Gasteiger partial charge < -0.3 is 24.2 Å². The lowest BCUT2D eigenvalue weighted by Gasteiger charge is -2.22. The average Bonchev–Trinajstić information content (AvgIpc) is 3.12. The van der Waals surface area contributed by atoms with Gasteiger partial charge in [0.15, 0.2) is 6.10 Å². The molecule has 0 bridgehead atoms. The van der Waals surface area contributed by atoms with Crippen molar-refractivity contribution in [1.82, 2.24) is 4.90 Å². The molecule has 0 aromatic heterocycles. The Morgan fingerprint density at radius 1 is 0.529 bits per heavy atom. The molecular weight excluding hydrogens is 638 g/mol. The Labute approximate surface area is 317 Å². The summed E-state index contributed by atoms with van der Waals surface area (Å²) in [4.78, 5) is 27.3. The predicted molar refractivity (Wildman–Crippen MR) is 215 cm³/mol. The fraction of sp³-hybridized carbons (Fsp3) is 0.955. The van der Waals surface area contributed by atoms with Crippen LogP contribution in [0.5, 0.6) is 0 Å². The molecule has 0 heterocycles. The molecule has 0 saturated carbocycles. The van der Waals surface area contributed by atoms with E-state index in [1.165, 1.54) is 109 Å². The molecule has 51 heavy (non-hydrogen) atoms. The van der Waals surface area contributed by atoms with Crippen molar-refractivity contribution in [3.63, 3.8) is 0 Å². The maximum Gasteiger partial charge on any atom is 0.335 e. The molecule has 0 aliphatic heterocycles. The Morgan fingerprint density at radius 2 is 0.961 bits per heavy atom. The minimum atomic E-state index is -0.528. The average molecular weight is 726 g/mol. The Bertz CT molecular complexity index is 718. The summed E-state index contributed by atoms with van der Waals surface area (Å²) in [6, 6.07) is 0. The summed E-state index contributed by atoms with van der Waals surface area (Å²) < 4.78 is 17.3. The zero-order chi connectivity index (χ0) is 37.5. The van der Waals surface area contributed by atoms with Gasteiger partial charge in [0.2, 0.25) is 0 Å². The number of ether oxygens (including phenoxy) is 3. The molecule has 0 aromatic carbocycles. The maximum absolute atomic E-state index is 12.9. The predicted octanol–water partition coefficient (Wildman–Crippen LogP) is 11.9. The molecule has 0 aliphatic carbocycles. The van der Waals surface area contributed by atoms with Crippen molar-refractivity contribution in [1.29, 1.82) is 0 Å². The Hall–Kier alpha value is -1.18. The third-order valence-electron chi connectivity index (χ3n) is 10.1. The van der Waals surface area contributed by atoms with Gasteiger partial charge in [-0.25, -0.2) is 4.79 Å². The zero-order valence-corrected chi connectivity index (χ0v) is 34.5. The van der Waals surface area contributed by atoms with Crippen molar-refractivity contribution < 1.29 is 28.9 Å². The molecule has 0 fully saturated rings. The molecule has 7 nitrogen and oxygen atoms in total. The van der Waals surface area contributed by atoms with Crippen molar-refractivity contribution in [3.8, 4) is 0 Å². The van der Waals surface area contributed by atoms with E-state index in [1.807, 2.05) is 6.92 Å². The van der Waals surface area contributed by atoms with Crippen LogP contribution in [-0.4, -0.2) is 73.6 Å². The van der Waals surface area contributed by atoms with Gasteiger partial charge in [0.05, 0.1) is 13.2 Å². The highest BCUT2D eigenvalue weighted by Crippen LogP contribution is 2.18. The molecule has 0 aromatic rings. The van der Waals surface area contributed by atoms with E-state index in [0.29, 0.717) is 26.2 Å². The summed E-state index contributed by atoms with van der Waals surface area (Å²) in [6.45, 7) is 12.4. The molecule has 304 valence electrons. The first-order valence-corrected chi connectivity index (χ1v) is 22.3. The smallest absolute Gasteiger partial charge is 0.335 e. The normalized spacial score (nSPS) is 12.2. The van der Waals surface area contributed by atoms with Crippen molar-refractivity contribution in [2.24, 2.45) is 0 Å². The minimum absolute atomic E-state index is 0.0154. The van der Waals surface area contributed by atoms with Gasteiger partial charge in [-0.15, -0.1) is 0 Å². The lowest BCUT2D eigenvalue weighted by atomic mass is 10.0. The Morgan fingerprint density at radius 3 is 1.47 bits per heavy atom. The molecule has 0 rings (SSSR count). The van der Waals surface area contributed by atoms with Crippen molar-refractivity contribution >= 4 is 11.9 Å². The van der Waals surface area contributed by atoms with Crippen LogP contribution < -0.4 is 0 Å². The molecule has 0 radical (unpaired) electrons. The van der Waals surface area contributed by atoms with Crippen molar-refractivity contribution in [2.45, 2.75) is 233 Å². The first-order chi connectivity index (χ1) is 25.0. The van der Waals surface area contributed by atoms with Gasteiger partial charge in [0.1, 0.15) is 6.10 Å². The van der Waals surface area contributed by atoms with Gasteiger partial charge in [-0.3, -0.25) is 4.79 Å². The minimum Gasteiger partial charge on any atom is -0.466 e. The van der Waals surface area contributed by atoms with Crippen LogP contribution in [0.4, 0.5) is 0 Å². The molecule has 0 unspecified atom stereocenters. The van der Waals surface area contributed by atoms with E-state index in [0.717, 1.165) is 90.1 Å². The molecule has 0 saturated heterocycles. The van der Waals surface area contributed by atoms with E-state index in [1.54, 1.807) is 0 Å².